The molecule has 2 aromatic rings. The number of pyridine rings is 1. The molecule has 1 fully saturated rings. The van der Waals surface area contributed by atoms with Crippen LogP contribution >= 0.6 is 11.6 Å². The number of hydrogen-bond acceptors (Lipinski definition) is 3. The summed E-state index contributed by atoms with van der Waals surface area (Å²) in [6, 6.07) is 6.09. The molecule has 0 spiro atoms. The van der Waals surface area contributed by atoms with Crippen LogP contribution in [0.25, 0.3) is 0 Å². The van der Waals surface area contributed by atoms with Crippen molar-refractivity contribution >= 4 is 23.3 Å². The molecule has 1 aromatic heterocycles. The number of para-hydroxylation sites is 1. The number of hydrogen-bond donors (Lipinski definition) is 1. The van der Waals surface area contributed by atoms with E-state index in [1.54, 1.807) is 12.3 Å². The molecule has 0 radical (unpaired) electrons. The average molecular weight is 414 g/mol. The van der Waals surface area contributed by atoms with E-state index in [1.165, 1.54) is 29.3 Å². The standard InChI is InChI=1S/C19H19ClF3N3O2/c20-15-11-24-8-5-17(15)28-12-13-6-9-26(10-7-13)18(27)25-16-4-2-1-3-14(16)19(21,22)23/h1-5,8,11,13H,6-7,9-10,12H2,(H,25,27). The fraction of sp³-hybridized carbons (Fsp3) is 0.368. The number of benzene rings is 1. The van der Waals surface area contributed by atoms with Gasteiger partial charge in [0.2, 0.25) is 0 Å². The van der Waals surface area contributed by atoms with Crippen LogP contribution in [0.4, 0.5) is 23.7 Å². The van der Waals surface area contributed by atoms with Crippen LogP contribution in [-0.2, 0) is 6.18 Å². The molecule has 1 aliphatic rings. The minimum atomic E-state index is -4.53. The van der Waals surface area contributed by atoms with Gasteiger partial charge in [-0.15, -0.1) is 0 Å². The monoisotopic (exact) mass is 413 g/mol. The Labute approximate surface area is 165 Å². The molecule has 0 unspecified atom stereocenters. The molecule has 1 saturated heterocycles. The number of nitrogens with zero attached hydrogens (tertiary/aromatic N) is 2. The second-order valence-electron chi connectivity index (χ2n) is 6.52. The lowest BCUT2D eigenvalue weighted by Crippen LogP contribution is -2.42. The number of urea groups is 1. The Kier molecular flexibility index (Phi) is 6.28. The summed E-state index contributed by atoms with van der Waals surface area (Å²) >= 11 is 6.00. The molecule has 2 amide bonds. The number of piperidine rings is 1. The number of aromatic nitrogens is 1. The van der Waals surface area contributed by atoms with Crippen molar-refractivity contribution < 1.29 is 22.7 Å². The highest BCUT2D eigenvalue weighted by atomic mass is 35.5. The molecule has 28 heavy (non-hydrogen) atoms. The topological polar surface area (TPSA) is 54.5 Å². The minimum Gasteiger partial charge on any atom is -0.492 e. The second kappa shape index (κ2) is 8.68. The van der Waals surface area contributed by atoms with Gasteiger partial charge in [-0.05, 0) is 30.9 Å². The first-order chi connectivity index (χ1) is 13.3. The predicted octanol–water partition coefficient (Wildman–Crippen LogP) is 5.08. The number of rotatable bonds is 4. The minimum absolute atomic E-state index is 0.232. The lowest BCUT2D eigenvalue weighted by atomic mass is 9.98. The van der Waals surface area contributed by atoms with E-state index in [9.17, 15) is 18.0 Å². The van der Waals surface area contributed by atoms with E-state index in [1.807, 2.05) is 0 Å². The number of carbonyl (C=O) groups excluding carboxylic acids is 1. The van der Waals surface area contributed by atoms with E-state index < -0.39 is 17.8 Å². The van der Waals surface area contributed by atoms with Gasteiger partial charge in [0.25, 0.3) is 0 Å². The largest absolute Gasteiger partial charge is 0.492 e. The van der Waals surface area contributed by atoms with Crippen molar-refractivity contribution in [2.75, 3.05) is 25.0 Å². The summed E-state index contributed by atoms with van der Waals surface area (Å²) in [6.07, 6.45) is -0.0495. The third kappa shape index (κ3) is 5.07. The van der Waals surface area contributed by atoms with Crippen molar-refractivity contribution in [2.45, 2.75) is 19.0 Å². The molecular formula is C19H19ClF3N3O2. The van der Waals surface area contributed by atoms with Crippen LogP contribution in [-0.4, -0.2) is 35.6 Å². The Morgan fingerprint density at radius 3 is 2.64 bits per heavy atom. The molecule has 0 atom stereocenters. The lowest BCUT2D eigenvalue weighted by molar-refractivity contribution is -0.136. The Morgan fingerprint density at radius 1 is 1.25 bits per heavy atom. The molecule has 9 heteroatoms. The average Bonchev–Trinajstić information content (AvgIpc) is 2.67. The van der Waals surface area contributed by atoms with Gasteiger partial charge in [-0.3, -0.25) is 4.98 Å². The molecule has 150 valence electrons. The quantitative estimate of drug-likeness (QED) is 0.760. The van der Waals surface area contributed by atoms with Gasteiger partial charge in [0.1, 0.15) is 10.8 Å². The van der Waals surface area contributed by atoms with Crippen LogP contribution < -0.4 is 10.1 Å². The van der Waals surface area contributed by atoms with Crippen molar-refractivity contribution in [3.05, 3.63) is 53.3 Å². The summed E-state index contributed by atoms with van der Waals surface area (Å²) in [5, 5.41) is 2.81. The van der Waals surface area contributed by atoms with Crippen molar-refractivity contribution in [3.63, 3.8) is 0 Å². The summed E-state index contributed by atoms with van der Waals surface area (Å²) in [4.78, 5) is 17.8. The number of likely N-dealkylation sites (tertiary alicyclic amines) is 1. The Bertz CT molecular complexity index is 824. The number of ether oxygens (including phenoxy) is 1. The smallest absolute Gasteiger partial charge is 0.418 e. The number of nitrogens with one attached hydrogen (secondary N) is 1. The molecule has 2 heterocycles. The van der Waals surface area contributed by atoms with Crippen LogP contribution in [0.2, 0.25) is 5.02 Å². The summed E-state index contributed by atoms with van der Waals surface area (Å²) in [5.41, 5.74) is -1.10. The van der Waals surface area contributed by atoms with Crippen LogP contribution in [0, 0.1) is 5.92 Å². The van der Waals surface area contributed by atoms with E-state index >= 15 is 0 Å². The van der Waals surface area contributed by atoms with Crippen LogP contribution in [0.15, 0.2) is 42.7 Å². The number of carbonyl (C=O) groups is 1. The van der Waals surface area contributed by atoms with E-state index in [-0.39, 0.29) is 11.6 Å². The molecule has 1 aromatic carbocycles. The van der Waals surface area contributed by atoms with Gasteiger partial charge >= 0.3 is 12.2 Å². The third-order valence-electron chi connectivity index (χ3n) is 4.59. The maximum Gasteiger partial charge on any atom is 0.418 e. The summed E-state index contributed by atoms with van der Waals surface area (Å²) in [7, 11) is 0. The molecule has 0 bridgehead atoms. The first kappa shape index (κ1) is 20.3. The first-order valence-electron chi connectivity index (χ1n) is 8.79. The molecule has 1 aliphatic heterocycles. The molecule has 5 nitrogen and oxygen atoms in total. The zero-order valence-electron chi connectivity index (χ0n) is 14.9. The first-order valence-corrected chi connectivity index (χ1v) is 9.17. The van der Waals surface area contributed by atoms with Crippen LogP contribution in [0.5, 0.6) is 5.75 Å². The van der Waals surface area contributed by atoms with Crippen LogP contribution in [0.3, 0.4) is 0 Å². The van der Waals surface area contributed by atoms with Gasteiger partial charge in [0, 0.05) is 31.5 Å². The van der Waals surface area contributed by atoms with Gasteiger partial charge in [0.05, 0.1) is 17.9 Å². The zero-order valence-corrected chi connectivity index (χ0v) is 15.6. The van der Waals surface area contributed by atoms with Crippen molar-refractivity contribution in [1.29, 1.82) is 0 Å². The van der Waals surface area contributed by atoms with Crippen molar-refractivity contribution in [1.82, 2.24) is 9.88 Å². The van der Waals surface area contributed by atoms with E-state index in [4.69, 9.17) is 16.3 Å². The Morgan fingerprint density at radius 2 is 1.96 bits per heavy atom. The highest BCUT2D eigenvalue weighted by Gasteiger charge is 2.34. The zero-order chi connectivity index (χ0) is 20.1. The highest BCUT2D eigenvalue weighted by molar-refractivity contribution is 6.31. The number of alkyl halides is 3. The molecule has 3 rings (SSSR count). The maximum absolute atomic E-state index is 13.1. The van der Waals surface area contributed by atoms with Gasteiger partial charge < -0.3 is 15.0 Å². The van der Waals surface area contributed by atoms with Gasteiger partial charge in [0.15, 0.2) is 0 Å². The predicted molar refractivity (Wildman–Crippen MR) is 99.5 cm³/mol. The second-order valence-corrected chi connectivity index (χ2v) is 6.93. The van der Waals surface area contributed by atoms with E-state index in [0.29, 0.717) is 43.3 Å². The van der Waals surface area contributed by atoms with Crippen LogP contribution in [0.1, 0.15) is 18.4 Å². The maximum atomic E-state index is 13.1. The third-order valence-corrected chi connectivity index (χ3v) is 4.87. The highest BCUT2D eigenvalue weighted by Crippen LogP contribution is 2.34. The van der Waals surface area contributed by atoms with Gasteiger partial charge in [-0.1, -0.05) is 23.7 Å². The Hall–Kier alpha value is -2.48. The van der Waals surface area contributed by atoms with Gasteiger partial charge in [-0.2, -0.15) is 13.2 Å². The lowest BCUT2D eigenvalue weighted by Gasteiger charge is -2.32. The van der Waals surface area contributed by atoms with E-state index in [2.05, 4.69) is 10.3 Å². The molecule has 0 saturated carbocycles. The summed E-state index contributed by atoms with van der Waals surface area (Å²) in [5.74, 6) is 0.788. The summed E-state index contributed by atoms with van der Waals surface area (Å²) in [6.45, 7) is 1.34. The fourth-order valence-corrected chi connectivity index (χ4v) is 3.20. The normalized spacial score (nSPS) is 15.4. The SMILES string of the molecule is O=C(Nc1ccccc1C(F)(F)F)N1CCC(COc2ccncc2Cl)CC1. The molecule has 1 N–H and O–H groups in total. The fourth-order valence-electron chi connectivity index (χ4n) is 3.02. The molecular weight excluding hydrogens is 395 g/mol. The Balaban J connectivity index is 1.51. The molecule has 0 aliphatic carbocycles. The van der Waals surface area contributed by atoms with Crippen molar-refractivity contribution in [3.8, 4) is 5.75 Å². The number of halogens is 4. The van der Waals surface area contributed by atoms with Gasteiger partial charge in [-0.25, -0.2) is 4.79 Å². The summed E-state index contributed by atoms with van der Waals surface area (Å²) < 4.78 is 44.9. The van der Waals surface area contributed by atoms with Crippen molar-refractivity contribution in [2.24, 2.45) is 5.92 Å². The number of anilines is 1. The van der Waals surface area contributed by atoms with E-state index in [0.717, 1.165) is 6.07 Å². The number of amides is 2.